The highest BCUT2D eigenvalue weighted by Gasteiger charge is 2.47. The Morgan fingerprint density at radius 2 is 1.96 bits per heavy atom. The van der Waals surface area contributed by atoms with Crippen LogP contribution in [0.25, 0.3) is 5.57 Å². The fourth-order valence-electron chi connectivity index (χ4n) is 3.49. The number of guanidine groups is 1. The maximum absolute atomic E-state index is 13.2. The summed E-state index contributed by atoms with van der Waals surface area (Å²) in [4.78, 5) is 19.2. The molecule has 0 aromatic heterocycles. The van der Waals surface area contributed by atoms with Crippen molar-refractivity contribution < 1.29 is 4.79 Å². The molecule has 1 aliphatic heterocycles. The number of likely N-dealkylation sites (N-methyl/N-ethyl adjacent to an activating group) is 1. The first-order valence-corrected chi connectivity index (χ1v) is 8.67. The topological polar surface area (TPSA) is 82.5 Å². The van der Waals surface area contributed by atoms with Crippen LogP contribution in [0.4, 0.5) is 0 Å². The lowest BCUT2D eigenvalue weighted by Gasteiger charge is -2.41. The van der Waals surface area contributed by atoms with Crippen molar-refractivity contribution in [3.05, 3.63) is 77.4 Å². The lowest BCUT2D eigenvalue weighted by Crippen LogP contribution is -2.52. The van der Waals surface area contributed by atoms with E-state index in [1.54, 1.807) is 25.2 Å². The number of carbonyl (C=O) groups excluding carboxylic acids is 1. The van der Waals surface area contributed by atoms with Crippen LogP contribution in [0.3, 0.4) is 0 Å². The van der Waals surface area contributed by atoms with Crippen molar-refractivity contribution in [1.29, 1.82) is 5.26 Å². The normalized spacial score (nSPS) is 22.1. The summed E-state index contributed by atoms with van der Waals surface area (Å²) in [6.07, 6.45) is 0. The summed E-state index contributed by atoms with van der Waals surface area (Å²) >= 11 is 0. The molecule has 2 atom stereocenters. The zero-order valence-corrected chi connectivity index (χ0v) is 15.7. The average Bonchev–Trinajstić information content (AvgIpc) is 2.66. The number of nitrogens with zero attached hydrogens (tertiary/aromatic N) is 3. The number of benzene rings is 2. The number of hydrogen-bond acceptors (Lipinski definition) is 4. The van der Waals surface area contributed by atoms with Gasteiger partial charge < -0.3 is 5.73 Å². The highest BCUT2D eigenvalue weighted by Crippen LogP contribution is 2.44. The van der Waals surface area contributed by atoms with Crippen LogP contribution in [-0.2, 0) is 10.3 Å². The average molecular weight is 358 g/mol. The monoisotopic (exact) mass is 358 g/mol. The van der Waals surface area contributed by atoms with Crippen molar-refractivity contribution in [2.75, 3.05) is 7.05 Å². The van der Waals surface area contributed by atoms with Crippen molar-refractivity contribution in [3.8, 4) is 6.07 Å². The summed E-state index contributed by atoms with van der Waals surface area (Å²) in [5.41, 5.74) is 9.24. The van der Waals surface area contributed by atoms with Gasteiger partial charge in [-0.25, -0.2) is 4.99 Å². The van der Waals surface area contributed by atoms with E-state index in [1.807, 2.05) is 44.2 Å². The van der Waals surface area contributed by atoms with Gasteiger partial charge in [0.15, 0.2) is 5.96 Å². The Balaban J connectivity index is 2.19. The van der Waals surface area contributed by atoms with Gasteiger partial charge in [-0.05, 0) is 42.7 Å². The highest BCUT2D eigenvalue weighted by molar-refractivity contribution is 6.02. The standard InChI is InChI=1S/C22H22N4O/c1-14(2)16-8-10-17(11-9-16)19-20(27)26(4)21(24)25-22(19,3)18-7-5-6-15(12-18)13-23/h5-12,19H,1H2,2-4H3,(H2,24,25)/t19-,22+/m0/s1. The van der Waals surface area contributed by atoms with Gasteiger partial charge in [-0.15, -0.1) is 0 Å². The summed E-state index contributed by atoms with van der Waals surface area (Å²) in [5.74, 6) is -0.516. The number of nitriles is 1. The first-order chi connectivity index (χ1) is 12.8. The van der Waals surface area contributed by atoms with Gasteiger partial charge in [0.1, 0.15) is 5.54 Å². The molecule has 1 aliphatic rings. The summed E-state index contributed by atoms with van der Waals surface area (Å²) in [7, 11) is 1.63. The zero-order valence-electron chi connectivity index (χ0n) is 15.7. The number of carbonyl (C=O) groups is 1. The molecule has 5 heteroatoms. The molecule has 3 rings (SSSR count). The van der Waals surface area contributed by atoms with Gasteiger partial charge in [-0.3, -0.25) is 9.69 Å². The molecule has 0 spiro atoms. The van der Waals surface area contributed by atoms with Crippen LogP contribution in [0.1, 0.15) is 42.0 Å². The smallest absolute Gasteiger partial charge is 0.239 e. The third-order valence-corrected chi connectivity index (χ3v) is 5.14. The van der Waals surface area contributed by atoms with E-state index in [0.29, 0.717) is 5.56 Å². The second-order valence-electron chi connectivity index (χ2n) is 7.04. The molecule has 2 aromatic rings. The Bertz CT molecular complexity index is 984. The number of amides is 1. The van der Waals surface area contributed by atoms with Crippen LogP contribution in [0.5, 0.6) is 0 Å². The van der Waals surface area contributed by atoms with Gasteiger partial charge in [0, 0.05) is 7.05 Å². The van der Waals surface area contributed by atoms with E-state index in [-0.39, 0.29) is 11.9 Å². The van der Waals surface area contributed by atoms with Crippen LogP contribution in [0.2, 0.25) is 0 Å². The van der Waals surface area contributed by atoms with Gasteiger partial charge >= 0.3 is 0 Å². The Kier molecular flexibility index (Phi) is 4.59. The molecule has 0 fully saturated rings. The molecule has 0 saturated carbocycles. The van der Waals surface area contributed by atoms with Crippen LogP contribution in [-0.4, -0.2) is 23.8 Å². The third kappa shape index (κ3) is 3.11. The van der Waals surface area contributed by atoms with E-state index < -0.39 is 11.5 Å². The van der Waals surface area contributed by atoms with Gasteiger partial charge in [0.05, 0.1) is 17.6 Å². The predicted molar refractivity (Wildman–Crippen MR) is 107 cm³/mol. The summed E-state index contributed by atoms with van der Waals surface area (Å²) in [6, 6.07) is 17.1. The summed E-state index contributed by atoms with van der Waals surface area (Å²) in [5, 5.41) is 9.26. The maximum atomic E-state index is 13.2. The van der Waals surface area contributed by atoms with E-state index in [0.717, 1.165) is 22.3 Å². The fraction of sp³-hybridized carbons (Fsp3) is 0.227. The van der Waals surface area contributed by atoms with Crippen molar-refractivity contribution in [3.63, 3.8) is 0 Å². The molecule has 1 heterocycles. The molecule has 0 radical (unpaired) electrons. The minimum absolute atomic E-state index is 0.129. The van der Waals surface area contributed by atoms with Crippen LogP contribution in [0, 0.1) is 11.3 Å². The Hall–Kier alpha value is -3.39. The lowest BCUT2D eigenvalue weighted by molar-refractivity contribution is -0.130. The van der Waals surface area contributed by atoms with Crippen LogP contribution >= 0.6 is 0 Å². The minimum atomic E-state index is -0.911. The number of aliphatic imine (C=N–C) groups is 1. The third-order valence-electron chi connectivity index (χ3n) is 5.14. The van der Waals surface area contributed by atoms with Crippen molar-refractivity contribution in [1.82, 2.24) is 4.90 Å². The molecule has 5 nitrogen and oxygen atoms in total. The van der Waals surface area contributed by atoms with Crippen molar-refractivity contribution >= 4 is 17.4 Å². The molecule has 0 saturated heterocycles. The minimum Gasteiger partial charge on any atom is -0.369 e. The van der Waals surface area contributed by atoms with E-state index in [4.69, 9.17) is 5.73 Å². The molecule has 2 N–H and O–H groups in total. The maximum Gasteiger partial charge on any atom is 0.239 e. The van der Waals surface area contributed by atoms with Gasteiger partial charge in [0.25, 0.3) is 0 Å². The van der Waals surface area contributed by atoms with E-state index >= 15 is 0 Å². The van der Waals surface area contributed by atoms with Crippen LogP contribution < -0.4 is 5.73 Å². The molecule has 0 bridgehead atoms. The number of rotatable bonds is 3. The lowest BCUT2D eigenvalue weighted by atomic mass is 9.74. The number of allylic oxidation sites excluding steroid dienone is 1. The molecular formula is C22H22N4O. The molecule has 0 unspecified atom stereocenters. The molecular weight excluding hydrogens is 336 g/mol. The van der Waals surface area contributed by atoms with Crippen molar-refractivity contribution in [2.45, 2.75) is 25.3 Å². The van der Waals surface area contributed by atoms with Crippen molar-refractivity contribution in [2.24, 2.45) is 10.7 Å². The summed E-state index contributed by atoms with van der Waals surface area (Å²) in [6.45, 7) is 7.78. The van der Waals surface area contributed by atoms with E-state index in [9.17, 15) is 10.1 Å². The first kappa shape index (κ1) is 18.4. The largest absolute Gasteiger partial charge is 0.369 e. The van der Waals surface area contributed by atoms with E-state index in [2.05, 4.69) is 17.6 Å². The Morgan fingerprint density at radius 1 is 1.30 bits per heavy atom. The van der Waals surface area contributed by atoms with E-state index in [1.165, 1.54) is 4.90 Å². The molecule has 136 valence electrons. The Labute approximate surface area is 159 Å². The van der Waals surface area contributed by atoms with Crippen LogP contribution in [0.15, 0.2) is 60.1 Å². The first-order valence-electron chi connectivity index (χ1n) is 8.67. The zero-order chi connectivity index (χ0) is 19.8. The second-order valence-corrected chi connectivity index (χ2v) is 7.04. The van der Waals surface area contributed by atoms with Gasteiger partial charge in [0.2, 0.25) is 5.91 Å². The summed E-state index contributed by atoms with van der Waals surface area (Å²) < 4.78 is 0. The van der Waals surface area contributed by atoms with Gasteiger partial charge in [-0.1, -0.05) is 48.6 Å². The molecule has 1 amide bonds. The number of hydrogen-bond donors (Lipinski definition) is 1. The molecule has 2 aromatic carbocycles. The Morgan fingerprint density at radius 3 is 2.56 bits per heavy atom. The SMILES string of the molecule is C=C(C)c1ccc([C@H]2C(=O)N(C)C(N)=N[C@]2(C)c2cccc(C#N)c2)cc1. The number of nitrogens with two attached hydrogens (primary N) is 1. The van der Waals surface area contributed by atoms with Gasteiger partial charge in [-0.2, -0.15) is 5.26 Å². The molecule has 0 aliphatic carbocycles. The molecule has 27 heavy (non-hydrogen) atoms. The highest BCUT2D eigenvalue weighted by atomic mass is 16.2. The second kappa shape index (κ2) is 6.73. The predicted octanol–water partition coefficient (Wildman–Crippen LogP) is 3.38. The fourth-order valence-corrected chi connectivity index (χ4v) is 3.49. The quantitative estimate of drug-likeness (QED) is 0.913.